The molecule has 5 rings (SSSR count). The molecular formula is C25H28N6O. The molecule has 0 spiro atoms. The fourth-order valence-electron chi connectivity index (χ4n) is 4.61. The molecule has 3 atom stereocenters. The van der Waals surface area contributed by atoms with Gasteiger partial charge in [0.15, 0.2) is 0 Å². The molecule has 4 N–H and O–H groups in total. The summed E-state index contributed by atoms with van der Waals surface area (Å²) in [7, 11) is 0. The highest BCUT2D eigenvalue weighted by molar-refractivity contribution is 5.77. The van der Waals surface area contributed by atoms with Crippen LogP contribution in [-0.2, 0) is 4.74 Å². The topological polar surface area (TPSA) is 102 Å². The monoisotopic (exact) mass is 428 g/mol. The lowest BCUT2D eigenvalue weighted by molar-refractivity contribution is -0.00398. The van der Waals surface area contributed by atoms with Gasteiger partial charge in [-0.05, 0) is 48.6 Å². The smallest absolute Gasteiger partial charge is 0.203 e. The molecule has 0 saturated carbocycles. The van der Waals surface area contributed by atoms with E-state index < -0.39 is 0 Å². The predicted molar refractivity (Wildman–Crippen MR) is 125 cm³/mol. The van der Waals surface area contributed by atoms with Crippen molar-refractivity contribution in [3.8, 4) is 0 Å². The Kier molecular flexibility index (Phi) is 6.09. The number of benzene rings is 2. The van der Waals surface area contributed by atoms with Crippen LogP contribution < -0.4 is 11.1 Å². The number of pyridine rings is 1. The molecule has 7 heteroatoms. The molecule has 0 aliphatic carbocycles. The van der Waals surface area contributed by atoms with Crippen LogP contribution in [0.15, 0.2) is 66.7 Å². The van der Waals surface area contributed by atoms with Crippen LogP contribution in [0.3, 0.4) is 0 Å². The van der Waals surface area contributed by atoms with Gasteiger partial charge in [-0.2, -0.15) is 10.3 Å². The fourth-order valence-corrected chi connectivity index (χ4v) is 4.61. The van der Waals surface area contributed by atoms with Gasteiger partial charge in [0.05, 0.1) is 12.7 Å². The van der Waals surface area contributed by atoms with Crippen LogP contribution >= 0.6 is 0 Å². The standard InChI is InChI=1S/C25H28N6O/c26-23-15-21(24-25(28-23)30-31-29-24)20(17-7-3-1-4-8-17)13-14-27-19-11-12-22(32-16-19)18-9-5-2-6-10-18/h1-10,15,19-20,22,27H,11-14,16H2,(H3,26,28,29,30,31)/t19-,20?,22+/m0/s1. The Balaban J connectivity index is 1.26. The van der Waals surface area contributed by atoms with Crippen LogP contribution in [0.2, 0.25) is 0 Å². The summed E-state index contributed by atoms with van der Waals surface area (Å²) in [6, 6.07) is 23.3. The number of nitrogen functional groups attached to an aromatic ring is 1. The first-order chi connectivity index (χ1) is 15.8. The molecule has 4 aromatic rings. The van der Waals surface area contributed by atoms with Gasteiger partial charge in [0.25, 0.3) is 0 Å². The van der Waals surface area contributed by atoms with E-state index in [0.717, 1.165) is 43.5 Å². The highest BCUT2D eigenvalue weighted by Gasteiger charge is 2.24. The number of anilines is 1. The number of rotatable bonds is 7. The molecule has 1 aliphatic heterocycles. The number of aromatic amines is 1. The Hall–Kier alpha value is -3.29. The minimum atomic E-state index is 0.142. The Bertz CT molecular complexity index is 1140. The fraction of sp³-hybridized carbons (Fsp3) is 0.320. The average Bonchev–Trinajstić information content (AvgIpc) is 3.31. The Morgan fingerprint density at radius 1 is 1.03 bits per heavy atom. The maximum absolute atomic E-state index is 6.16. The highest BCUT2D eigenvalue weighted by atomic mass is 16.5. The molecule has 32 heavy (non-hydrogen) atoms. The molecule has 7 nitrogen and oxygen atoms in total. The van der Waals surface area contributed by atoms with Gasteiger partial charge in [0.2, 0.25) is 5.65 Å². The van der Waals surface area contributed by atoms with Crippen molar-refractivity contribution in [3.05, 3.63) is 83.4 Å². The highest BCUT2D eigenvalue weighted by Crippen LogP contribution is 2.33. The minimum Gasteiger partial charge on any atom is -0.384 e. The van der Waals surface area contributed by atoms with E-state index in [4.69, 9.17) is 10.5 Å². The number of hydrogen-bond donors (Lipinski definition) is 3. The van der Waals surface area contributed by atoms with Crippen LogP contribution in [0.25, 0.3) is 11.2 Å². The summed E-state index contributed by atoms with van der Waals surface area (Å²) in [6.45, 7) is 1.59. The molecule has 1 saturated heterocycles. The van der Waals surface area contributed by atoms with Crippen molar-refractivity contribution in [1.29, 1.82) is 0 Å². The number of nitrogens with two attached hydrogens (primary N) is 1. The lowest BCUT2D eigenvalue weighted by Gasteiger charge is -2.30. The minimum absolute atomic E-state index is 0.142. The molecule has 0 amide bonds. The largest absolute Gasteiger partial charge is 0.384 e. The third-order valence-corrected chi connectivity index (χ3v) is 6.23. The Morgan fingerprint density at radius 2 is 1.81 bits per heavy atom. The van der Waals surface area contributed by atoms with Crippen molar-refractivity contribution in [2.45, 2.75) is 37.3 Å². The molecular weight excluding hydrogens is 400 g/mol. The summed E-state index contributed by atoms with van der Waals surface area (Å²) >= 11 is 0. The summed E-state index contributed by atoms with van der Waals surface area (Å²) in [5.41, 5.74) is 11.0. The number of ether oxygens (including phenoxy) is 1. The second-order valence-electron chi connectivity index (χ2n) is 8.35. The summed E-state index contributed by atoms with van der Waals surface area (Å²) in [4.78, 5) is 4.30. The van der Waals surface area contributed by atoms with E-state index in [1.807, 2.05) is 18.2 Å². The van der Waals surface area contributed by atoms with Crippen molar-refractivity contribution in [2.75, 3.05) is 18.9 Å². The van der Waals surface area contributed by atoms with Crippen molar-refractivity contribution < 1.29 is 4.74 Å². The van der Waals surface area contributed by atoms with E-state index in [1.54, 1.807) is 0 Å². The maximum Gasteiger partial charge on any atom is 0.203 e. The van der Waals surface area contributed by atoms with Gasteiger partial charge < -0.3 is 15.8 Å². The van der Waals surface area contributed by atoms with Crippen LogP contribution in [0, 0.1) is 0 Å². The lowest BCUT2D eigenvalue weighted by Crippen LogP contribution is -2.38. The van der Waals surface area contributed by atoms with Crippen molar-refractivity contribution in [3.63, 3.8) is 0 Å². The molecule has 1 unspecified atom stereocenters. The molecule has 1 fully saturated rings. The average molecular weight is 429 g/mol. The van der Waals surface area contributed by atoms with Crippen LogP contribution in [-0.4, -0.2) is 39.6 Å². The Labute approximate surface area is 187 Å². The zero-order valence-electron chi connectivity index (χ0n) is 17.9. The molecule has 2 aromatic carbocycles. The van der Waals surface area contributed by atoms with Gasteiger partial charge in [-0.25, -0.2) is 4.98 Å². The van der Waals surface area contributed by atoms with Gasteiger partial charge in [-0.1, -0.05) is 60.7 Å². The molecule has 164 valence electrons. The first-order valence-electron chi connectivity index (χ1n) is 11.2. The molecule has 3 heterocycles. The van der Waals surface area contributed by atoms with Crippen molar-refractivity contribution in [2.24, 2.45) is 0 Å². The van der Waals surface area contributed by atoms with E-state index in [9.17, 15) is 0 Å². The zero-order valence-corrected chi connectivity index (χ0v) is 17.9. The first kappa shape index (κ1) is 20.6. The van der Waals surface area contributed by atoms with Gasteiger partial charge in [-0.15, -0.1) is 5.10 Å². The maximum atomic E-state index is 6.16. The molecule has 0 radical (unpaired) electrons. The Morgan fingerprint density at radius 3 is 2.56 bits per heavy atom. The van der Waals surface area contributed by atoms with E-state index in [0.29, 0.717) is 17.5 Å². The predicted octanol–water partition coefficient (Wildman–Crippen LogP) is 3.97. The first-order valence-corrected chi connectivity index (χ1v) is 11.2. The second-order valence-corrected chi connectivity index (χ2v) is 8.35. The summed E-state index contributed by atoms with van der Waals surface area (Å²) < 4.78 is 6.16. The zero-order chi connectivity index (χ0) is 21.8. The van der Waals surface area contributed by atoms with E-state index in [-0.39, 0.29) is 12.0 Å². The number of nitrogens with one attached hydrogen (secondary N) is 2. The number of aromatic nitrogens is 4. The number of H-pyrrole nitrogens is 1. The third-order valence-electron chi connectivity index (χ3n) is 6.23. The number of nitrogens with zero attached hydrogens (tertiary/aromatic N) is 3. The third kappa shape index (κ3) is 4.49. The van der Waals surface area contributed by atoms with E-state index in [2.05, 4.69) is 74.2 Å². The van der Waals surface area contributed by atoms with Gasteiger partial charge in [-0.3, -0.25) is 0 Å². The van der Waals surface area contributed by atoms with Gasteiger partial charge >= 0.3 is 0 Å². The SMILES string of the molecule is Nc1cc(C(CCN[C@H]2CC[C@H](c3ccccc3)OC2)c2ccccc2)c2n[nH]nc2n1. The van der Waals surface area contributed by atoms with E-state index in [1.165, 1.54) is 11.1 Å². The quantitative estimate of drug-likeness (QED) is 0.412. The van der Waals surface area contributed by atoms with Crippen molar-refractivity contribution >= 4 is 17.0 Å². The summed E-state index contributed by atoms with van der Waals surface area (Å²) in [5.74, 6) is 0.603. The summed E-state index contributed by atoms with van der Waals surface area (Å²) in [6.07, 6.45) is 3.25. The van der Waals surface area contributed by atoms with Crippen molar-refractivity contribution in [1.82, 2.24) is 25.7 Å². The van der Waals surface area contributed by atoms with Crippen LogP contribution in [0.4, 0.5) is 5.82 Å². The van der Waals surface area contributed by atoms with Crippen LogP contribution in [0.5, 0.6) is 0 Å². The normalized spacial score (nSPS) is 19.8. The molecule has 2 aromatic heterocycles. The number of fused-ring (bicyclic) bond motifs is 1. The molecule has 1 aliphatic rings. The second kappa shape index (κ2) is 9.46. The summed E-state index contributed by atoms with van der Waals surface area (Å²) in [5, 5.41) is 14.9. The lowest BCUT2D eigenvalue weighted by atomic mass is 9.88. The van der Waals surface area contributed by atoms with Gasteiger partial charge in [0, 0.05) is 12.0 Å². The van der Waals surface area contributed by atoms with Crippen LogP contribution in [0.1, 0.15) is 48.0 Å². The number of hydrogen-bond acceptors (Lipinski definition) is 6. The molecule has 0 bridgehead atoms. The van der Waals surface area contributed by atoms with E-state index >= 15 is 0 Å². The van der Waals surface area contributed by atoms with Gasteiger partial charge in [0.1, 0.15) is 11.3 Å².